The molecule has 2 aromatic carbocycles. The molecule has 0 aromatic heterocycles. The van der Waals surface area contributed by atoms with Gasteiger partial charge in [0.1, 0.15) is 17.6 Å². The van der Waals surface area contributed by atoms with Crippen LogP contribution >= 0.6 is 0 Å². The summed E-state index contributed by atoms with van der Waals surface area (Å²) in [6.07, 6.45) is 2.16. The van der Waals surface area contributed by atoms with Gasteiger partial charge in [-0.3, -0.25) is 0 Å². The summed E-state index contributed by atoms with van der Waals surface area (Å²) in [5.41, 5.74) is 2.29. The molecule has 0 saturated carbocycles. The van der Waals surface area contributed by atoms with E-state index in [4.69, 9.17) is 9.47 Å². The van der Waals surface area contributed by atoms with Gasteiger partial charge in [-0.2, -0.15) is 0 Å². The first-order valence-corrected chi connectivity index (χ1v) is 8.82. The first kappa shape index (κ1) is 18.2. The van der Waals surface area contributed by atoms with Crippen molar-refractivity contribution in [2.45, 2.75) is 45.6 Å². The Kier molecular flexibility index (Phi) is 6.98. The van der Waals surface area contributed by atoms with Crippen LogP contribution in [0.25, 0.3) is 0 Å². The molecule has 24 heavy (non-hydrogen) atoms. The Hall–Kier alpha value is -2.16. The van der Waals surface area contributed by atoms with Crippen molar-refractivity contribution in [2.75, 3.05) is 19.0 Å². The van der Waals surface area contributed by atoms with E-state index in [0.717, 1.165) is 36.6 Å². The molecule has 3 nitrogen and oxygen atoms in total. The van der Waals surface area contributed by atoms with E-state index in [1.165, 1.54) is 5.56 Å². The Morgan fingerprint density at radius 2 is 1.58 bits per heavy atom. The highest BCUT2D eigenvalue weighted by Gasteiger charge is 2.14. The van der Waals surface area contributed by atoms with Crippen LogP contribution in [0.1, 0.15) is 45.1 Å². The molecule has 1 N–H and O–H groups in total. The largest absolute Gasteiger partial charge is 0.495 e. The average molecular weight is 327 g/mol. The van der Waals surface area contributed by atoms with E-state index in [9.17, 15) is 0 Å². The van der Waals surface area contributed by atoms with Crippen LogP contribution in [0.3, 0.4) is 0 Å². The molecule has 0 bridgehead atoms. The fourth-order valence-corrected chi connectivity index (χ4v) is 2.68. The molecule has 2 unspecified atom stereocenters. The van der Waals surface area contributed by atoms with Crippen molar-refractivity contribution >= 4 is 5.69 Å². The Bertz CT molecular complexity index is 627. The van der Waals surface area contributed by atoms with Crippen LogP contribution in [0, 0.1) is 0 Å². The van der Waals surface area contributed by atoms with Crippen LogP contribution in [0.5, 0.6) is 11.5 Å². The van der Waals surface area contributed by atoms with Crippen molar-refractivity contribution in [2.24, 2.45) is 0 Å². The number of ether oxygens (including phenoxy) is 2. The molecule has 3 heteroatoms. The molecule has 0 radical (unpaired) electrons. The molecule has 2 rings (SSSR count). The van der Waals surface area contributed by atoms with Gasteiger partial charge in [-0.1, -0.05) is 51.1 Å². The number of rotatable bonds is 9. The fourth-order valence-electron chi connectivity index (χ4n) is 2.68. The number of nitrogens with one attached hydrogen (secondary N) is 1. The number of benzene rings is 2. The summed E-state index contributed by atoms with van der Waals surface area (Å²) < 4.78 is 11.7. The molecule has 0 aliphatic rings. The van der Waals surface area contributed by atoms with Gasteiger partial charge >= 0.3 is 0 Å². The Balaban J connectivity index is 2.05. The van der Waals surface area contributed by atoms with Crippen LogP contribution in [-0.4, -0.2) is 19.8 Å². The Labute approximate surface area is 146 Å². The first-order chi connectivity index (χ1) is 11.7. The minimum Gasteiger partial charge on any atom is -0.495 e. The van der Waals surface area contributed by atoms with Crippen molar-refractivity contribution in [3.8, 4) is 11.5 Å². The molecule has 0 saturated heterocycles. The maximum Gasteiger partial charge on any atom is 0.141 e. The molecule has 0 amide bonds. The monoisotopic (exact) mass is 327 g/mol. The lowest BCUT2D eigenvalue weighted by molar-refractivity contribution is 0.207. The van der Waals surface area contributed by atoms with Crippen molar-refractivity contribution in [3.05, 3.63) is 54.1 Å². The van der Waals surface area contributed by atoms with Gasteiger partial charge in [0.25, 0.3) is 0 Å². The maximum absolute atomic E-state index is 6.31. The van der Waals surface area contributed by atoms with Gasteiger partial charge in [0.15, 0.2) is 0 Å². The van der Waals surface area contributed by atoms with Crippen LogP contribution < -0.4 is 14.8 Å². The molecule has 130 valence electrons. The topological polar surface area (TPSA) is 30.5 Å². The van der Waals surface area contributed by atoms with E-state index in [0.29, 0.717) is 5.92 Å². The molecular formula is C21H29NO2. The lowest BCUT2D eigenvalue weighted by Gasteiger charge is -2.23. The number of para-hydroxylation sites is 3. The van der Waals surface area contributed by atoms with Crippen molar-refractivity contribution in [1.29, 1.82) is 0 Å². The van der Waals surface area contributed by atoms with E-state index in [1.54, 1.807) is 7.11 Å². The molecular weight excluding hydrogens is 298 g/mol. The zero-order valence-electron chi connectivity index (χ0n) is 15.2. The zero-order valence-corrected chi connectivity index (χ0v) is 15.2. The molecule has 0 spiro atoms. The molecule has 2 atom stereocenters. The molecule has 0 aliphatic heterocycles. The fraction of sp³-hybridized carbons (Fsp3) is 0.429. The van der Waals surface area contributed by atoms with Crippen LogP contribution in [0.4, 0.5) is 5.69 Å². The third kappa shape index (κ3) is 4.67. The first-order valence-electron chi connectivity index (χ1n) is 8.82. The SMILES string of the molecule is CCC(CNc1ccccc1OC)Oc1ccccc1C(C)CC. The molecule has 2 aromatic rings. The van der Waals surface area contributed by atoms with Crippen LogP contribution in [-0.2, 0) is 0 Å². The average Bonchev–Trinajstić information content (AvgIpc) is 2.65. The van der Waals surface area contributed by atoms with Crippen molar-refractivity contribution in [1.82, 2.24) is 0 Å². The van der Waals surface area contributed by atoms with Gasteiger partial charge in [0, 0.05) is 0 Å². The van der Waals surface area contributed by atoms with E-state index in [2.05, 4.69) is 44.3 Å². The lowest BCUT2D eigenvalue weighted by Crippen LogP contribution is -2.26. The highest BCUT2D eigenvalue weighted by Crippen LogP contribution is 2.30. The van der Waals surface area contributed by atoms with Crippen LogP contribution in [0.15, 0.2) is 48.5 Å². The van der Waals surface area contributed by atoms with Gasteiger partial charge < -0.3 is 14.8 Å². The second-order valence-corrected chi connectivity index (χ2v) is 6.08. The van der Waals surface area contributed by atoms with Crippen molar-refractivity contribution < 1.29 is 9.47 Å². The highest BCUT2D eigenvalue weighted by molar-refractivity contribution is 5.56. The van der Waals surface area contributed by atoms with Gasteiger partial charge in [0.05, 0.1) is 19.3 Å². The third-order valence-electron chi connectivity index (χ3n) is 4.44. The second-order valence-electron chi connectivity index (χ2n) is 6.08. The van der Waals surface area contributed by atoms with E-state index < -0.39 is 0 Å². The highest BCUT2D eigenvalue weighted by atomic mass is 16.5. The number of anilines is 1. The summed E-state index contributed by atoms with van der Waals surface area (Å²) >= 11 is 0. The Morgan fingerprint density at radius 3 is 2.25 bits per heavy atom. The molecule has 0 fully saturated rings. The predicted octanol–water partition coefficient (Wildman–Crippen LogP) is 5.48. The van der Waals surface area contributed by atoms with Gasteiger partial charge in [-0.05, 0) is 42.5 Å². The van der Waals surface area contributed by atoms with E-state index in [1.807, 2.05) is 30.3 Å². The van der Waals surface area contributed by atoms with Gasteiger partial charge in [-0.15, -0.1) is 0 Å². The quantitative estimate of drug-likeness (QED) is 0.661. The zero-order chi connectivity index (χ0) is 17.4. The smallest absolute Gasteiger partial charge is 0.141 e. The standard InChI is InChI=1S/C21H29NO2/c1-5-16(3)18-11-7-9-13-20(18)24-17(6-2)15-22-19-12-8-10-14-21(19)23-4/h7-14,16-17,22H,5-6,15H2,1-4H3. The summed E-state index contributed by atoms with van der Waals surface area (Å²) in [4.78, 5) is 0. The van der Waals surface area contributed by atoms with Crippen LogP contribution in [0.2, 0.25) is 0 Å². The predicted molar refractivity (Wildman–Crippen MR) is 101 cm³/mol. The van der Waals surface area contributed by atoms with E-state index >= 15 is 0 Å². The summed E-state index contributed by atoms with van der Waals surface area (Å²) in [7, 11) is 1.69. The number of methoxy groups -OCH3 is 1. The molecule has 0 aliphatic carbocycles. The van der Waals surface area contributed by atoms with E-state index in [-0.39, 0.29) is 6.10 Å². The number of hydrogen-bond acceptors (Lipinski definition) is 3. The lowest BCUT2D eigenvalue weighted by atomic mass is 9.98. The van der Waals surface area contributed by atoms with Crippen molar-refractivity contribution in [3.63, 3.8) is 0 Å². The normalized spacial score (nSPS) is 13.2. The minimum atomic E-state index is 0.111. The summed E-state index contributed by atoms with van der Waals surface area (Å²) in [6, 6.07) is 16.3. The second kappa shape index (κ2) is 9.21. The summed E-state index contributed by atoms with van der Waals surface area (Å²) in [5.74, 6) is 2.36. The summed E-state index contributed by atoms with van der Waals surface area (Å²) in [6.45, 7) is 7.35. The third-order valence-corrected chi connectivity index (χ3v) is 4.44. The van der Waals surface area contributed by atoms with Gasteiger partial charge in [0.2, 0.25) is 0 Å². The minimum absolute atomic E-state index is 0.111. The van der Waals surface area contributed by atoms with Gasteiger partial charge in [-0.25, -0.2) is 0 Å². The molecule has 0 heterocycles. The number of hydrogen-bond donors (Lipinski definition) is 1. The maximum atomic E-state index is 6.31. The summed E-state index contributed by atoms with van der Waals surface area (Å²) in [5, 5.41) is 3.45. The Morgan fingerprint density at radius 1 is 0.917 bits per heavy atom.